The van der Waals surface area contributed by atoms with Crippen molar-refractivity contribution in [3.63, 3.8) is 0 Å². The van der Waals surface area contributed by atoms with Gasteiger partial charge in [-0.3, -0.25) is 0 Å². The number of hydrogen-bond acceptors (Lipinski definition) is 6. The summed E-state index contributed by atoms with van der Waals surface area (Å²) in [5, 5.41) is 0. The van der Waals surface area contributed by atoms with Gasteiger partial charge in [-0.05, 0) is 140 Å². The number of rotatable bonds is 15. The second-order valence-electron chi connectivity index (χ2n) is 13.5. The number of ether oxygens (including phenoxy) is 6. The minimum Gasteiger partial charge on any atom is -0.429 e. The predicted molar refractivity (Wildman–Crippen MR) is 204 cm³/mol. The molecule has 0 aliphatic heterocycles. The molecule has 0 unspecified atom stereocenters. The van der Waals surface area contributed by atoms with Crippen molar-refractivity contribution in [2.45, 2.75) is 57.4 Å². The molecular formula is C45H32F14O6. The van der Waals surface area contributed by atoms with E-state index in [0.29, 0.717) is 6.42 Å². The topological polar surface area (TPSA) is 55.4 Å². The third-order valence-corrected chi connectivity index (χ3v) is 8.57. The van der Waals surface area contributed by atoms with E-state index < -0.39 is 82.4 Å². The molecule has 0 aliphatic carbocycles. The second kappa shape index (κ2) is 19.5. The molecule has 0 saturated heterocycles. The summed E-state index contributed by atoms with van der Waals surface area (Å²) in [6.45, 7) is 3.61. The van der Waals surface area contributed by atoms with E-state index in [1.54, 1.807) is 6.92 Å². The summed E-state index contributed by atoms with van der Waals surface area (Å²) in [5.41, 5.74) is -0.517. The highest BCUT2D eigenvalue weighted by atomic mass is 19.4. The van der Waals surface area contributed by atoms with Gasteiger partial charge in [-0.25, -0.2) is 0 Å². The molecule has 6 aromatic carbocycles. The SMILES string of the molecule is CCc1ccc(C(F)(F)Oc2ccc(C(F)(F)Oc3ccc(OC(F)(F)F)cc3)cc2)cc1.Cc1ccc(C(F)(F)Oc2ccc(C(F)(F)Oc3ccc(OC(F)(F)F)cc3)cc2)cc1. The number of aryl methyl sites for hydroxylation is 2. The van der Waals surface area contributed by atoms with Gasteiger partial charge in [0.2, 0.25) is 0 Å². The van der Waals surface area contributed by atoms with Crippen molar-refractivity contribution in [2.24, 2.45) is 0 Å². The normalized spacial score (nSPS) is 12.4. The number of hydrogen-bond donors (Lipinski definition) is 0. The van der Waals surface area contributed by atoms with Gasteiger partial charge < -0.3 is 28.4 Å². The Hall–Kier alpha value is -6.86. The Bertz CT molecular complexity index is 2420. The lowest BCUT2D eigenvalue weighted by Gasteiger charge is -2.21. The van der Waals surface area contributed by atoms with E-state index in [4.69, 9.17) is 0 Å². The molecular weight excluding hydrogens is 902 g/mol. The van der Waals surface area contributed by atoms with Crippen LogP contribution in [-0.4, -0.2) is 12.7 Å². The van der Waals surface area contributed by atoms with Gasteiger partial charge >= 0.3 is 37.2 Å². The highest BCUT2D eigenvalue weighted by Gasteiger charge is 2.39. The first-order valence-corrected chi connectivity index (χ1v) is 18.6. The predicted octanol–water partition coefficient (Wildman–Crippen LogP) is 14.6. The van der Waals surface area contributed by atoms with Crippen LogP contribution in [0.4, 0.5) is 61.5 Å². The van der Waals surface area contributed by atoms with Crippen LogP contribution < -0.4 is 28.4 Å². The fourth-order valence-corrected chi connectivity index (χ4v) is 5.36. The maximum atomic E-state index is 14.4. The highest BCUT2D eigenvalue weighted by Crippen LogP contribution is 2.38. The Labute approximate surface area is 360 Å². The van der Waals surface area contributed by atoms with Crippen LogP contribution in [0.5, 0.6) is 34.5 Å². The van der Waals surface area contributed by atoms with Gasteiger partial charge in [-0.15, -0.1) is 26.3 Å². The Kier molecular flexibility index (Phi) is 14.7. The molecule has 0 atom stereocenters. The number of alkyl halides is 14. The van der Waals surface area contributed by atoms with E-state index in [-0.39, 0.29) is 11.5 Å². The summed E-state index contributed by atoms with van der Waals surface area (Å²) in [6, 6.07) is 24.7. The first-order valence-electron chi connectivity index (χ1n) is 18.6. The Morgan fingerprint density at radius 1 is 0.292 bits per heavy atom. The number of halogens is 14. The lowest BCUT2D eigenvalue weighted by Crippen LogP contribution is -2.23. The van der Waals surface area contributed by atoms with Crippen molar-refractivity contribution in [1.29, 1.82) is 0 Å². The third kappa shape index (κ3) is 14.6. The maximum absolute atomic E-state index is 14.4. The molecule has 0 fully saturated rings. The van der Waals surface area contributed by atoms with Crippen LogP contribution in [0.15, 0.2) is 146 Å². The summed E-state index contributed by atoms with van der Waals surface area (Å²) in [4.78, 5) is 0. The molecule has 0 aromatic heterocycles. The van der Waals surface area contributed by atoms with Crippen molar-refractivity contribution in [1.82, 2.24) is 0 Å². The van der Waals surface area contributed by atoms with E-state index >= 15 is 0 Å². The first kappa shape index (κ1) is 49.2. The highest BCUT2D eigenvalue weighted by molar-refractivity contribution is 5.36. The van der Waals surface area contributed by atoms with E-state index in [0.717, 1.165) is 108 Å². The van der Waals surface area contributed by atoms with Crippen molar-refractivity contribution in [3.05, 3.63) is 179 Å². The van der Waals surface area contributed by atoms with Gasteiger partial charge in [0.15, 0.2) is 0 Å². The zero-order chi connectivity index (χ0) is 47.8. The molecule has 6 aromatic rings. The zero-order valence-corrected chi connectivity index (χ0v) is 33.3. The molecule has 0 aliphatic rings. The standard InChI is InChI=1S/C23H17F7O3.C22H15F7O3/c1-2-15-3-5-16(6-4-15)21(24,25)31-18-9-7-17(8-10-18)22(26,27)32-19-11-13-20(14-12-19)33-23(28,29)30;1-14-2-4-15(5-3-14)20(23,24)30-17-8-6-16(7-9-17)21(25,26)31-18-10-12-19(13-11-18)32-22(27,28)29/h3-14H,2H2,1H3;2-13H,1H3. The molecule has 0 spiro atoms. The lowest BCUT2D eigenvalue weighted by atomic mass is 10.1. The summed E-state index contributed by atoms with van der Waals surface area (Å²) >= 11 is 0. The van der Waals surface area contributed by atoms with Crippen molar-refractivity contribution >= 4 is 0 Å². The van der Waals surface area contributed by atoms with E-state index in [9.17, 15) is 61.5 Å². The molecule has 6 rings (SSSR count). The Balaban J connectivity index is 0.000000244. The van der Waals surface area contributed by atoms with Crippen molar-refractivity contribution in [3.8, 4) is 34.5 Å². The van der Waals surface area contributed by atoms with Crippen molar-refractivity contribution < 1.29 is 89.9 Å². The van der Waals surface area contributed by atoms with Crippen LogP contribution >= 0.6 is 0 Å². The molecule has 0 N–H and O–H groups in total. The van der Waals surface area contributed by atoms with Gasteiger partial charge in [-0.1, -0.05) is 36.8 Å². The molecule has 0 heterocycles. The minimum absolute atomic E-state index is 0.354. The molecule has 0 radical (unpaired) electrons. The molecule has 346 valence electrons. The molecule has 0 saturated carbocycles. The smallest absolute Gasteiger partial charge is 0.429 e. The quantitative estimate of drug-likeness (QED) is 0.0957. The Morgan fingerprint density at radius 3 is 0.723 bits per heavy atom. The molecule has 0 bridgehead atoms. The first-order chi connectivity index (χ1) is 30.2. The lowest BCUT2D eigenvalue weighted by molar-refractivity contribution is -0.275. The molecule has 6 nitrogen and oxygen atoms in total. The van der Waals surface area contributed by atoms with Crippen LogP contribution in [0, 0.1) is 6.92 Å². The van der Waals surface area contributed by atoms with Gasteiger partial charge in [0.1, 0.15) is 34.5 Å². The van der Waals surface area contributed by atoms with E-state index in [2.05, 4.69) is 28.4 Å². The van der Waals surface area contributed by atoms with Crippen molar-refractivity contribution in [2.75, 3.05) is 0 Å². The monoisotopic (exact) mass is 934 g/mol. The third-order valence-electron chi connectivity index (χ3n) is 8.57. The average Bonchev–Trinajstić information content (AvgIpc) is 3.21. The molecule has 20 heteroatoms. The largest absolute Gasteiger partial charge is 0.573 e. The number of benzene rings is 6. The molecule has 65 heavy (non-hydrogen) atoms. The minimum atomic E-state index is -4.92. The van der Waals surface area contributed by atoms with Crippen LogP contribution in [0.1, 0.15) is 40.3 Å². The zero-order valence-electron chi connectivity index (χ0n) is 33.3. The second-order valence-corrected chi connectivity index (χ2v) is 13.5. The van der Waals surface area contributed by atoms with Crippen LogP contribution in [0.25, 0.3) is 0 Å². The van der Waals surface area contributed by atoms with E-state index in [1.807, 2.05) is 6.92 Å². The average molecular weight is 935 g/mol. The summed E-state index contributed by atoms with van der Waals surface area (Å²) in [5.74, 6) is -2.79. The van der Waals surface area contributed by atoms with Crippen LogP contribution in [-0.2, 0) is 30.9 Å². The summed E-state index contributed by atoms with van der Waals surface area (Å²) in [7, 11) is 0. The van der Waals surface area contributed by atoms with Crippen LogP contribution in [0.2, 0.25) is 0 Å². The molecule has 0 amide bonds. The Morgan fingerprint density at radius 2 is 0.492 bits per heavy atom. The van der Waals surface area contributed by atoms with Gasteiger partial charge in [0.05, 0.1) is 22.3 Å². The van der Waals surface area contributed by atoms with Gasteiger partial charge in [0, 0.05) is 0 Å². The summed E-state index contributed by atoms with van der Waals surface area (Å²) in [6.07, 6.45) is -24.3. The van der Waals surface area contributed by atoms with Gasteiger partial charge in [-0.2, -0.15) is 35.1 Å². The fourth-order valence-electron chi connectivity index (χ4n) is 5.36. The summed E-state index contributed by atoms with van der Waals surface area (Å²) < 4.78 is 213. The fraction of sp³-hybridized carbons (Fsp3) is 0.200. The van der Waals surface area contributed by atoms with Gasteiger partial charge in [0.25, 0.3) is 0 Å². The van der Waals surface area contributed by atoms with Crippen LogP contribution in [0.3, 0.4) is 0 Å². The van der Waals surface area contributed by atoms with E-state index in [1.165, 1.54) is 48.5 Å². The maximum Gasteiger partial charge on any atom is 0.573 e.